The van der Waals surface area contributed by atoms with Crippen LogP contribution in [-0.4, -0.2) is 15.9 Å². The van der Waals surface area contributed by atoms with Gasteiger partial charge in [0, 0.05) is 6.20 Å². The Hall–Kier alpha value is -1.67. The smallest absolute Gasteiger partial charge is 0.267 e. The van der Waals surface area contributed by atoms with Crippen molar-refractivity contribution >= 4 is 22.7 Å². The Kier molecular flexibility index (Phi) is 3.53. The Balaban J connectivity index is 1.52. The number of amides is 1. The van der Waals surface area contributed by atoms with Gasteiger partial charge in [-0.2, -0.15) is 5.26 Å². The molecule has 1 amide bonds. The molecule has 1 aromatic rings. The molecule has 4 unspecified atom stereocenters. The molecule has 3 aliphatic rings. The summed E-state index contributed by atoms with van der Waals surface area (Å²) >= 11 is 1.57. The number of hydrogen-bond acceptors (Lipinski definition) is 4. The van der Waals surface area contributed by atoms with Crippen LogP contribution in [0.25, 0.3) is 0 Å². The van der Waals surface area contributed by atoms with Crippen molar-refractivity contribution in [3.8, 4) is 6.07 Å². The molecule has 0 aromatic carbocycles. The number of thioether (sulfide) groups is 1. The molecule has 1 aliphatic heterocycles. The summed E-state index contributed by atoms with van der Waals surface area (Å²) < 4.78 is -0.707. The Morgan fingerprint density at radius 2 is 2.30 bits per heavy atom. The summed E-state index contributed by atoms with van der Waals surface area (Å²) in [5, 5.41) is 10.0. The molecule has 2 fully saturated rings. The van der Waals surface area contributed by atoms with Crippen LogP contribution in [0.5, 0.6) is 0 Å². The summed E-state index contributed by atoms with van der Waals surface area (Å²) in [5.74, 6) is 2.37. The van der Waals surface area contributed by atoms with Crippen LogP contribution in [0.15, 0.2) is 23.3 Å². The van der Waals surface area contributed by atoms with Crippen molar-refractivity contribution in [3.05, 3.63) is 29.6 Å². The van der Waals surface area contributed by atoms with Crippen molar-refractivity contribution < 1.29 is 4.79 Å². The highest BCUT2D eigenvalue weighted by Crippen LogP contribution is 2.52. The van der Waals surface area contributed by atoms with E-state index in [1.807, 2.05) is 19.1 Å². The van der Waals surface area contributed by atoms with Gasteiger partial charge in [-0.05, 0) is 68.1 Å². The number of aliphatic imine (C=N–C) groups is 1. The zero-order chi connectivity index (χ0) is 16.0. The number of pyridine rings is 1. The van der Waals surface area contributed by atoms with E-state index < -0.39 is 4.75 Å². The minimum atomic E-state index is -0.707. The van der Waals surface area contributed by atoms with Crippen LogP contribution in [0, 0.1) is 29.1 Å². The first-order valence-corrected chi connectivity index (χ1v) is 9.08. The highest BCUT2D eigenvalue weighted by molar-refractivity contribution is 8.15. The van der Waals surface area contributed by atoms with E-state index in [9.17, 15) is 4.79 Å². The molecule has 4 rings (SSSR count). The summed E-state index contributed by atoms with van der Waals surface area (Å²) in [5.41, 5.74) is 1.17. The summed E-state index contributed by atoms with van der Waals surface area (Å²) in [7, 11) is 0. The van der Waals surface area contributed by atoms with Gasteiger partial charge < -0.3 is 0 Å². The van der Waals surface area contributed by atoms with E-state index in [1.54, 1.807) is 24.0 Å². The van der Waals surface area contributed by atoms with E-state index in [1.165, 1.54) is 25.7 Å². The predicted octanol–water partition coefficient (Wildman–Crippen LogP) is 3.67. The fraction of sp³-hybridized carbons (Fsp3) is 0.556. The molecule has 0 radical (unpaired) electrons. The highest BCUT2D eigenvalue weighted by atomic mass is 32.2. The molecule has 5 heteroatoms. The third kappa shape index (κ3) is 2.49. The molecule has 4 atom stereocenters. The monoisotopic (exact) mass is 325 g/mol. The molecule has 0 saturated heterocycles. The third-order valence-corrected chi connectivity index (χ3v) is 7.02. The number of hydrogen-bond donors (Lipinski definition) is 0. The van der Waals surface area contributed by atoms with Crippen LogP contribution in [0.3, 0.4) is 0 Å². The second-order valence-corrected chi connectivity index (χ2v) is 8.62. The van der Waals surface area contributed by atoms with Crippen LogP contribution < -0.4 is 0 Å². The van der Waals surface area contributed by atoms with Gasteiger partial charge in [0.05, 0.1) is 5.04 Å². The molecular weight excluding hydrogens is 306 g/mol. The number of aromatic nitrogens is 1. The maximum absolute atomic E-state index is 12.5. The lowest BCUT2D eigenvalue weighted by Gasteiger charge is -2.23. The molecule has 2 saturated carbocycles. The van der Waals surface area contributed by atoms with Crippen molar-refractivity contribution in [1.29, 1.82) is 5.26 Å². The van der Waals surface area contributed by atoms with Gasteiger partial charge in [-0.15, -0.1) is 0 Å². The average Bonchev–Trinajstić information content (AvgIpc) is 3.24. The largest absolute Gasteiger partial charge is 0.271 e. The number of nitrogens with zero attached hydrogens (tertiary/aromatic N) is 3. The Bertz CT molecular complexity index is 738. The number of nitriles is 1. The normalized spacial score (nSPS) is 35.4. The standard InChI is InChI=1S/C18H19N3OS/c1-18(14-4-5-20-15(9-14)10-19)17(22)21-16(23-18)8-13-7-11-2-3-12(13)6-11/h4-5,9,11-13H,2-3,6-8H2,1H3. The van der Waals surface area contributed by atoms with Gasteiger partial charge in [0.1, 0.15) is 16.5 Å². The topological polar surface area (TPSA) is 66.1 Å². The van der Waals surface area contributed by atoms with Crippen LogP contribution in [0.4, 0.5) is 0 Å². The lowest BCUT2D eigenvalue weighted by Crippen LogP contribution is -2.24. The molecule has 2 bridgehead atoms. The van der Waals surface area contributed by atoms with E-state index >= 15 is 0 Å². The fourth-order valence-electron chi connectivity index (χ4n) is 4.43. The molecule has 23 heavy (non-hydrogen) atoms. The molecule has 0 spiro atoms. The van der Waals surface area contributed by atoms with Crippen LogP contribution in [0.2, 0.25) is 0 Å². The molecule has 4 nitrogen and oxygen atoms in total. The molecule has 2 heterocycles. The van der Waals surface area contributed by atoms with Crippen LogP contribution in [0.1, 0.15) is 50.3 Å². The van der Waals surface area contributed by atoms with Crippen LogP contribution in [-0.2, 0) is 9.54 Å². The van der Waals surface area contributed by atoms with Gasteiger partial charge in [-0.1, -0.05) is 18.2 Å². The maximum Gasteiger partial charge on any atom is 0.267 e. The average molecular weight is 325 g/mol. The summed E-state index contributed by atoms with van der Waals surface area (Å²) in [6.45, 7) is 1.91. The van der Waals surface area contributed by atoms with Crippen molar-refractivity contribution in [2.24, 2.45) is 22.7 Å². The zero-order valence-corrected chi connectivity index (χ0v) is 14.0. The Morgan fingerprint density at radius 3 is 3.00 bits per heavy atom. The number of carbonyl (C=O) groups is 1. The number of rotatable bonds is 3. The first-order chi connectivity index (χ1) is 11.1. The van der Waals surface area contributed by atoms with E-state index in [2.05, 4.69) is 9.98 Å². The van der Waals surface area contributed by atoms with Crippen LogP contribution >= 0.6 is 11.8 Å². The minimum Gasteiger partial charge on any atom is -0.271 e. The first-order valence-electron chi connectivity index (χ1n) is 8.26. The Labute approximate surface area is 140 Å². The van der Waals surface area contributed by atoms with Gasteiger partial charge in [-0.3, -0.25) is 4.79 Å². The van der Waals surface area contributed by atoms with Gasteiger partial charge in [0.25, 0.3) is 5.91 Å². The second-order valence-electron chi connectivity index (χ2n) is 7.13. The van der Waals surface area contributed by atoms with E-state index in [-0.39, 0.29) is 5.91 Å². The molecular formula is C18H19N3OS. The summed E-state index contributed by atoms with van der Waals surface area (Å²) in [6, 6.07) is 5.57. The molecule has 1 aromatic heterocycles. The van der Waals surface area contributed by atoms with Gasteiger partial charge >= 0.3 is 0 Å². The fourth-order valence-corrected chi connectivity index (χ4v) is 5.71. The lowest BCUT2D eigenvalue weighted by atomic mass is 9.87. The van der Waals surface area contributed by atoms with Crippen molar-refractivity contribution in [2.75, 3.05) is 0 Å². The highest BCUT2D eigenvalue weighted by Gasteiger charge is 2.45. The summed E-state index contributed by atoms with van der Waals surface area (Å²) in [4.78, 5) is 20.9. The van der Waals surface area contributed by atoms with Gasteiger partial charge in [0.2, 0.25) is 0 Å². The van der Waals surface area contributed by atoms with Crippen molar-refractivity contribution in [3.63, 3.8) is 0 Å². The third-order valence-electron chi connectivity index (χ3n) is 5.70. The molecule has 0 N–H and O–H groups in total. The van der Waals surface area contributed by atoms with E-state index in [0.29, 0.717) is 11.6 Å². The Morgan fingerprint density at radius 1 is 1.43 bits per heavy atom. The molecule has 2 aliphatic carbocycles. The van der Waals surface area contributed by atoms with Gasteiger partial charge in [0.15, 0.2) is 0 Å². The van der Waals surface area contributed by atoms with Gasteiger partial charge in [-0.25, -0.2) is 9.98 Å². The van der Waals surface area contributed by atoms with E-state index in [4.69, 9.17) is 5.26 Å². The maximum atomic E-state index is 12.5. The quantitative estimate of drug-likeness (QED) is 0.850. The van der Waals surface area contributed by atoms with E-state index in [0.717, 1.165) is 28.9 Å². The predicted molar refractivity (Wildman–Crippen MR) is 89.9 cm³/mol. The molecule has 118 valence electrons. The summed E-state index contributed by atoms with van der Waals surface area (Å²) in [6.07, 6.45) is 7.98. The first kappa shape index (κ1) is 14.9. The second kappa shape index (κ2) is 5.45. The van der Waals surface area contributed by atoms with Crippen molar-refractivity contribution in [2.45, 2.75) is 43.8 Å². The van der Waals surface area contributed by atoms with Crippen molar-refractivity contribution in [1.82, 2.24) is 4.98 Å². The number of fused-ring (bicyclic) bond motifs is 2. The lowest BCUT2D eigenvalue weighted by molar-refractivity contribution is -0.119. The zero-order valence-electron chi connectivity index (χ0n) is 13.2. The SMILES string of the molecule is CC1(c2ccnc(C#N)c2)SC(CC2CC3CCC2C3)=NC1=O. The minimum absolute atomic E-state index is 0.101. The number of carbonyl (C=O) groups excluding carboxylic acids is 1.